The molecule has 0 aromatic rings. The summed E-state index contributed by atoms with van der Waals surface area (Å²) in [6.45, 7) is 2.49. The van der Waals surface area contributed by atoms with Gasteiger partial charge in [0.15, 0.2) is 0 Å². The van der Waals surface area contributed by atoms with Gasteiger partial charge in [0.2, 0.25) is 0 Å². The molecule has 0 spiro atoms. The minimum atomic E-state index is -0.195. The van der Waals surface area contributed by atoms with E-state index in [4.69, 9.17) is 4.74 Å². The van der Waals surface area contributed by atoms with E-state index in [9.17, 15) is 4.79 Å². The largest absolute Gasteiger partial charge is 0.466 e. The number of carbonyl (C=O) groups is 1. The molecular weight excluding hydrogens is 214 g/mol. The number of rotatable bonds is 2. The molecule has 96 valence electrons. The number of carbonyl (C=O) groups excluding carboxylic acids is 1. The Bertz CT molecular complexity index is 293. The Labute approximate surface area is 104 Å². The molecule has 3 nitrogen and oxygen atoms in total. The first-order chi connectivity index (χ1) is 8.29. The van der Waals surface area contributed by atoms with E-state index in [0.29, 0.717) is 6.04 Å². The summed E-state index contributed by atoms with van der Waals surface area (Å²) in [6, 6.07) is 0.667. The quantitative estimate of drug-likeness (QED) is 0.546. The van der Waals surface area contributed by atoms with Crippen LogP contribution in [0.5, 0.6) is 0 Å². The van der Waals surface area contributed by atoms with Crippen molar-refractivity contribution in [2.45, 2.75) is 51.0 Å². The fraction of sp³-hybridized carbons (Fsp3) is 0.786. The van der Waals surface area contributed by atoms with Gasteiger partial charge < -0.3 is 9.64 Å². The highest BCUT2D eigenvalue weighted by Gasteiger charge is 2.24. The number of nitrogens with zero attached hydrogens (tertiary/aromatic N) is 1. The summed E-state index contributed by atoms with van der Waals surface area (Å²) in [5, 5.41) is 0. The molecule has 1 atom stereocenters. The van der Waals surface area contributed by atoms with Crippen LogP contribution in [0.3, 0.4) is 0 Å². The number of likely N-dealkylation sites (tertiary alicyclic amines) is 1. The van der Waals surface area contributed by atoms with Gasteiger partial charge in [-0.3, -0.25) is 0 Å². The van der Waals surface area contributed by atoms with E-state index in [1.807, 2.05) is 0 Å². The lowest BCUT2D eigenvalue weighted by molar-refractivity contribution is -0.134. The first kappa shape index (κ1) is 12.6. The monoisotopic (exact) mass is 237 g/mol. The van der Waals surface area contributed by atoms with E-state index in [2.05, 4.69) is 4.90 Å². The van der Waals surface area contributed by atoms with Crippen LogP contribution in [0.25, 0.3) is 0 Å². The van der Waals surface area contributed by atoms with Crippen LogP contribution in [0.1, 0.15) is 44.9 Å². The van der Waals surface area contributed by atoms with Gasteiger partial charge in [0.1, 0.15) is 0 Å². The van der Waals surface area contributed by atoms with Crippen LogP contribution in [-0.4, -0.2) is 37.1 Å². The number of esters is 1. The summed E-state index contributed by atoms with van der Waals surface area (Å²) in [5.41, 5.74) is 1.28. The Morgan fingerprint density at radius 1 is 1.29 bits per heavy atom. The zero-order valence-corrected chi connectivity index (χ0v) is 10.8. The Balaban J connectivity index is 1.91. The molecule has 0 aromatic carbocycles. The van der Waals surface area contributed by atoms with E-state index in [0.717, 1.165) is 12.8 Å². The highest BCUT2D eigenvalue weighted by molar-refractivity contribution is 5.82. The second-order valence-corrected chi connectivity index (χ2v) is 5.17. The van der Waals surface area contributed by atoms with E-state index < -0.39 is 0 Å². The second-order valence-electron chi connectivity index (χ2n) is 5.17. The SMILES string of the molecule is COC(=O)C=C1CCCC(N2CCCCC2)C1. The van der Waals surface area contributed by atoms with Gasteiger partial charge >= 0.3 is 5.97 Å². The zero-order valence-electron chi connectivity index (χ0n) is 10.8. The number of methoxy groups -OCH3 is 1. The fourth-order valence-electron chi connectivity index (χ4n) is 3.02. The van der Waals surface area contributed by atoms with E-state index in [1.54, 1.807) is 6.08 Å². The molecule has 3 heteroatoms. The van der Waals surface area contributed by atoms with Crippen molar-refractivity contribution in [1.82, 2.24) is 4.90 Å². The lowest BCUT2D eigenvalue weighted by Gasteiger charge is -2.37. The first-order valence-corrected chi connectivity index (χ1v) is 6.81. The highest BCUT2D eigenvalue weighted by Crippen LogP contribution is 2.28. The molecule has 2 rings (SSSR count). The van der Waals surface area contributed by atoms with E-state index in [-0.39, 0.29) is 5.97 Å². The normalized spacial score (nSPS) is 29.2. The third-order valence-corrected chi connectivity index (χ3v) is 3.96. The van der Waals surface area contributed by atoms with Gasteiger partial charge in [-0.2, -0.15) is 0 Å². The molecule has 1 unspecified atom stereocenters. The maximum atomic E-state index is 11.3. The van der Waals surface area contributed by atoms with Crippen molar-refractivity contribution in [3.63, 3.8) is 0 Å². The van der Waals surface area contributed by atoms with Crippen molar-refractivity contribution < 1.29 is 9.53 Å². The van der Waals surface area contributed by atoms with Crippen LogP contribution in [0, 0.1) is 0 Å². The Morgan fingerprint density at radius 2 is 2.06 bits per heavy atom. The average Bonchev–Trinajstić information content (AvgIpc) is 2.40. The van der Waals surface area contributed by atoms with Crippen LogP contribution in [0.15, 0.2) is 11.6 Å². The standard InChI is InChI=1S/C14H23NO2/c1-17-14(16)11-12-6-5-7-13(10-12)15-8-3-2-4-9-15/h11,13H,2-10H2,1H3. The van der Waals surface area contributed by atoms with E-state index >= 15 is 0 Å². The summed E-state index contributed by atoms with van der Waals surface area (Å²) in [6.07, 6.45) is 10.4. The number of hydrogen-bond acceptors (Lipinski definition) is 3. The van der Waals surface area contributed by atoms with Crippen LogP contribution in [-0.2, 0) is 9.53 Å². The van der Waals surface area contributed by atoms with Crippen molar-refractivity contribution in [2.75, 3.05) is 20.2 Å². The molecular formula is C14H23NO2. The predicted octanol–water partition coefficient (Wildman–Crippen LogP) is 2.51. The topological polar surface area (TPSA) is 29.5 Å². The summed E-state index contributed by atoms with van der Waals surface area (Å²) < 4.78 is 4.70. The van der Waals surface area contributed by atoms with Crippen molar-refractivity contribution in [1.29, 1.82) is 0 Å². The zero-order chi connectivity index (χ0) is 12.1. The maximum absolute atomic E-state index is 11.3. The highest BCUT2D eigenvalue weighted by atomic mass is 16.5. The summed E-state index contributed by atoms with van der Waals surface area (Å²) >= 11 is 0. The van der Waals surface area contributed by atoms with E-state index in [1.165, 1.54) is 57.9 Å². The Kier molecular flexibility index (Phi) is 4.60. The minimum Gasteiger partial charge on any atom is -0.466 e. The molecule has 1 saturated carbocycles. The van der Waals surface area contributed by atoms with Gasteiger partial charge in [-0.1, -0.05) is 12.0 Å². The van der Waals surface area contributed by atoms with Crippen LogP contribution in [0.4, 0.5) is 0 Å². The molecule has 0 N–H and O–H groups in total. The average molecular weight is 237 g/mol. The number of hydrogen-bond donors (Lipinski definition) is 0. The van der Waals surface area contributed by atoms with Gasteiger partial charge in [0.25, 0.3) is 0 Å². The lowest BCUT2D eigenvalue weighted by atomic mass is 9.88. The smallest absolute Gasteiger partial charge is 0.330 e. The Hall–Kier alpha value is -0.830. The number of piperidine rings is 1. The van der Waals surface area contributed by atoms with Crippen molar-refractivity contribution in [3.05, 3.63) is 11.6 Å². The minimum absolute atomic E-state index is 0.195. The summed E-state index contributed by atoms with van der Waals surface area (Å²) in [4.78, 5) is 13.9. The van der Waals surface area contributed by atoms with Gasteiger partial charge in [0, 0.05) is 12.1 Å². The molecule has 0 amide bonds. The predicted molar refractivity (Wildman–Crippen MR) is 67.8 cm³/mol. The third kappa shape index (κ3) is 3.56. The molecule has 1 aliphatic carbocycles. The molecule has 0 radical (unpaired) electrons. The summed E-state index contributed by atoms with van der Waals surface area (Å²) in [5.74, 6) is -0.195. The molecule has 1 saturated heterocycles. The second kappa shape index (κ2) is 6.20. The number of ether oxygens (including phenoxy) is 1. The van der Waals surface area contributed by atoms with Crippen molar-refractivity contribution >= 4 is 5.97 Å². The van der Waals surface area contributed by atoms with Crippen molar-refractivity contribution in [2.24, 2.45) is 0 Å². The van der Waals surface area contributed by atoms with Crippen molar-refractivity contribution in [3.8, 4) is 0 Å². The van der Waals surface area contributed by atoms with Gasteiger partial charge in [-0.05, 0) is 51.6 Å². The van der Waals surface area contributed by atoms with Gasteiger partial charge in [0.05, 0.1) is 7.11 Å². The van der Waals surface area contributed by atoms with Gasteiger partial charge in [-0.25, -0.2) is 4.79 Å². The molecule has 0 aromatic heterocycles. The molecule has 0 bridgehead atoms. The van der Waals surface area contributed by atoms with Crippen LogP contribution >= 0.6 is 0 Å². The molecule has 1 aliphatic heterocycles. The molecule has 1 heterocycles. The van der Waals surface area contributed by atoms with Crippen LogP contribution in [0.2, 0.25) is 0 Å². The van der Waals surface area contributed by atoms with Crippen LogP contribution < -0.4 is 0 Å². The van der Waals surface area contributed by atoms with Gasteiger partial charge in [-0.15, -0.1) is 0 Å². The maximum Gasteiger partial charge on any atom is 0.330 e. The molecule has 17 heavy (non-hydrogen) atoms. The molecule has 2 aliphatic rings. The molecule has 2 fully saturated rings. The third-order valence-electron chi connectivity index (χ3n) is 3.96. The fourth-order valence-corrected chi connectivity index (χ4v) is 3.02. The summed E-state index contributed by atoms with van der Waals surface area (Å²) in [7, 11) is 1.45. The first-order valence-electron chi connectivity index (χ1n) is 6.81. The Morgan fingerprint density at radius 3 is 2.76 bits per heavy atom. The lowest BCUT2D eigenvalue weighted by Crippen LogP contribution is -2.40.